The standard InChI is InChI=1S/C20H19ClFN5O/c21-17-7-4-8-18(22)16(17)14-25-9-11-26(12-10-25)20(28)19-13-23-27(24-19)15-5-2-1-3-6-15/h1-8,13H,9-12,14H2. The van der Waals surface area contributed by atoms with Gasteiger partial charge in [0.05, 0.1) is 11.9 Å². The third kappa shape index (κ3) is 3.90. The zero-order chi connectivity index (χ0) is 19.5. The molecule has 1 aromatic heterocycles. The fourth-order valence-corrected chi connectivity index (χ4v) is 3.45. The van der Waals surface area contributed by atoms with E-state index in [-0.39, 0.29) is 11.7 Å². The van der Waals surface area contributed by atoms with E-state index in [1.807, 2.05) is 30.3 Å². The third-order valence-corrected chi connectivity index (χ3v) is 5.16. The van der Waals surface area contributed by atoms with Crippen LogP contribution in [0.3, 0.4) is 0 Å². The van der Waals surface area contributed by atoms with Crippen molar-refractivity contribution in [2.24, 2.45) is 0 Å². The summed E-state index contributed by atoms with van der Waals surface area (Å²) in [7, 11) is 0. The van der Waals surface area contributed by atoms with Crippen molar-refractivity contribution < 1.29 is 9.18 Å². The molecule has 4 rings (SSSR count). The predicted octanol–water partition coefficient (Wildman–Crippen LogP) is 3.02. The van der Waals surface area contributed by atoms with Crippen LogP contribution < -0.4 is 0 Å². The highest BCUT2D eigenvalue weighted by atomic mass is 35.5. The number of hydrogen-bond acceptors (Lipinski definition) is 4. The molecule has 3 aromatic rings. The molecule has 1 fully saturated rings. The first-order valence-corrected chi connectivity index (χ1v) is 9.42. The minimum absolute atomic E-state index is 0.147. The molecule has 0 spiro atoms. The van der Waals surface area contributed by atoms with Crippen molar-refractivity contribution in [3.05, 3.63) is 76.8 Å². The number of para-hydroxylation sites is 1. The molecule has 0 saturated carbocycles. The van der Waals surface area contributed by atoms with Crippen LogP contribution in [0.5, 0.6) is 0 Å². The van der Waals surface area contributed by atoms with Gasteiger partial charge in [0.25, 0.3) is 5.91 Å². The fraction of sp³-hybridized carbons (Fsp3) is 0.250. The van der Waals surface area contributed by atoms with E-state index < -0.39 is 0 Å². The first-order valence-electron chi connectivity index (χ1n) is 9.04. The van der Waals surface area contributed by atoms with Crippen LogP contribution in [0.2, 0.25) is 5.02 Å². The molecule has 1 aliphatic rings. The Morgan fingerprint density at radius 1 is 1.04 bits per heavy atom. The second-order valence-electron chi connectivity index (χ2n) is 6.62. The van der Waals surface area contributed by atoms with E-state index in [4.69, 9.17) is 11.6 Å². The topological polar surface area (TPSA) is 54.3 Å². The van der Waals surface area contributed by atoms with Crippen molar-refractivity contribution in [1.29, 1.82) is 0 Å². The Bertz CT molecular complexity index is 949. The minimum atomic E-state index is -0.302. The number of benzene rings is 2. The Labute approximate surface area is 167 Å². The molecule has 0 atom stereocenters. The second-order valence-corrected chi connectivity index (χ2v) is 7.03. The largest absolute Gasteiger partial charge is 0.335 e. The number of halogens is 2. The van der Waals surface area contributed by atoms with Gasteiger partial charge >= 0.3 is 0 Å². The highest BCUT2D eigenvalue weighted by Gasteiger charge is 2.25. The number of nitrogens with zero attached hydrogens (tertiary/aromatic N) is 5. The lowest BCUT2D eigenvalue weighted by molar-refractivity contribution is 0.0621. The van der Waals surface area contributed by atoms with Gasteiger partial charge in [-0.3, -0.25) is 9.69 Å². The molecule has 2 aromatic carbocycles. The van der Waals surface area contributed by atoms with Crippen LogP contribution in [0, 0.1) is 5.82 Å². The first kappa shape index (κ1) is 18.6. The number of aromatic nitrogens is 3. The van der Waals surface area contributed by atoms with Crippen LogP contribution in [0.25, 0.3) is 5.69 Å². The summed E-state index contributed by atoms with van der Waals surface area (Å²) in [6.45, 7) is 2.80. The molecule has 8 heteroatoms. The van der Waals surface area contributed by atoms with Crippen molar-refractivity contribution in [3.63, 3.8) is 0 Å². The van der Waals surface area contributed by atoms with Crippen molar-refractivity contribution in [2.45, 2.75) is 6.54 Å². The number of carbonyl (C=O) groups excluding carboxylic acids is 1. The molecule has 1 saturated heterocycles. The van der Waals surface area contributed by atoms with E-state index in [1.54, 1.807) is 17.0 Å². The van der Waals surface area contributed by atoms with Gasteiger partial charge in [-0.25, -0.2) is 4.39 Å². The lowest BCUT2D eigenvalue weighted by Gasteiger charge is -2.34. The summed E-state index contributed by atoms with van der Waals surface area (Å²) in [6.07, 6.45) is 1.49. The van der Waals surface area contributed by atoms with E-state index >= 15 is 0 Å². The Kier molecular flexibility index (Phi) is 5.36. The van der Waals surface area contributed by atoms with Crippen LogP contribution in [-0.2, 0) is 6.54 Å². The minimum Gasteiger partial charge on any atom is -0.335 e. The molecule has 0 radical (unpaired) electrons. The summed E-state index contributed by atoms with van der Waals surface area (Å²) in [4.78, 5) is 18.0. The molecule has 6 nitrogen and oxygen atoms in total. The van der Waals surface area contributed by atoms with Crippen LogP contribution in [0.1, 0.15) is 16.1 Å². The van der Waals surface area contributed by atoms with Gasteiger partial charge in [-0.1, -0.05) is 35.9 Å². The van der Waals surface area contributed by atoms with E-state index in [2.05, 4.69) is 15.1 Å². The van der Waals surface area contributed by atoms with Crippen LogP contribution in [-0.4, -0.2) is 56.9 Å². The van der Waals surface area contributed by atoms with E-state index in [0.717, 1.165) is 5.69 Å². The monoisotopic (exact) mass is 399 g/mol. The highest BCUT2D eigenvalue weighted by Crippen LogP contribution is 2.21. The molecular weight excluding hydrogens is 381 g/mol. The molecule has 0 unspecified atom stereocenters. The van der Waals surface area contributed by atoms with Crippen molar-refractivity contribution in [1.82, 2.24) is 24.8 Å². The van der Waals surface area contributed by atoms with Gasteiger partial charge in [0, 0.05) is 43.3 Å². The summed E-state index contributed by atoms with van der Waals surface area (Å²) in [5.41, 5.74) is 1.61. The molecule has 28 heavy (non-hydrogen) atoms. The Morgan fingerprint density at radius 2 is 1.79 bits per heavy atom. The molecule has 1 aliphatic heterocycles. The average molecular weight is 400 g/mol. The van der Waals surface area contributed by atoms with Crippen LogP contribution in [0.15, 0.2) is 54.7 Å². The maximum Gasteiger partial charge on any atom is 0.276 e. The summed E-state index contributed by atoms with van der Waals surface area (Å²) in [5.74, 6) is -0.450. The smallest absolute Gasteiger partial charge is 0.276 e. The molecule has 0 aliphatic carbocycles. The number of amides is 1. The molecular formula is C20H19ClFN5O. The zero-order valence-corrected chi connectivity index (χ0v) is 15.9. The van der Waals surface area contributed by atoms with Crippen LogP contribution >= 0.6 is 11.6 Å². The Balaban J connectivity index is 1.37. The van der Waals surface area contributed by atoms with Gasteiger partial charge in [0.15, 0.2) is 5.69 Å². The second kappa shape index (κ2) is 8.08. The maximum absolute atomic E-state index is 14.0. The average Bonchev–Trinajstić information content (AvgIpc) is 3.22. The van der Waals surface area contributed by atoms with Gasteiger partial charge in [-0.2, -0.15) is 9.90 Å². The molecule has 1 amide bonds. The summed E-state index contributed by atoms with van der Waals surface area (Å²) < 4.78 is 14.0. The molecule has 0 bridgehead atoms. The maximum atomic E-state index is 14.0. The lowest BCUT2D eigenvalue weighted by atomic mass is 10.1. The normalized spacial score (nSPS) is 15.0. The number of piperazine rings is 1. The zero-order valence-electron chi connectivity index (χ0n) is 15.1. The molecule has 0 N–H and O–H groups in total. The Morgan fingerprint density at radius 3 is 2.50 bits per heavy atom. The third-order valence-electron chi connectivity index (χ3n) is 4.80. The van der Waals surface area contributed by atoms with Gasteiger partial charge in [-0.15, -0.1) is 5.10 Å². The SMILES string of the molecule is O=C(c1cnn(-c2ccccc2)n1)N1CCN(Cc2c(F)cccc2Cl)CC1. The van der Waals surface area contributed by atoms with Crippen molar-refractivity contribution in [3.8, 4) is 5.69 Å². The highest BCUT2D eigenvalue weighted by molar-refractivity contribution is 6.31. The number of carbonyl (C=O) groups is 1. The lowest BCUT2D eigenvalue weighted by Crippen LogP contribution is -2.48. The van der Waals surface area contributed by atoms with Gasteiger partial charge in [-0.05, 0) is 24.3 Å². The number of rotatable bonds is 4. The van der Waals surface area contributed by atoms with E-state index in [1.165, 1.54) is 17.1 Å². The number of hydrogen-bond donors (Lipinski definition) is 0. The summed E-state index contributed by atoms with van der Waals surface area (Å²) >= 11 is 6.11. The summed E-state index contributed by atoms with van der Waals surface area (Å²) in [6, 6.07) is 14.1. The molecule has 2 heterocycles. The fourth-order valence-electron chi connectivity index (χ4n) is 3.22. The van der Waals surface area contributed by atoms with E-state index in [9.17, 15) is 9.18 Å². The molecule has 144 valence electrons. The predicted molar refractivity (Wildman–Crippen MR) is 104 cm³/mol. The van der Waals surface area contributed by atoms with Gasteiger partial charge < -0.3 is 4.90 Å². The van der Waals surface area contributed by atoms with Gasteiger partial charge in [0.1, 0.15) is 5.82 Å². The van der Waals surface area contributed by atoms with Crippen molar-refractivity contribution >= 4 is 17.5 Å². The van der Waals surface area contributed by atoms with Gasteiger partial charge in [0.2, 0.25) is 0 Å². The quantitative estimate of drug-likeness (QED) is 0.676. The van der Waals surface area contributed by atoms with Crippen molar-refractivity contribution in [2.75, 3.05) is 26.2 Å². The Hall–Kier alpha value is -2.77. The summed E-state index contributed by atoms with van der Waals surface area (Å²) in [5, 5.41) is 8.91. The van der Waals surface area contributed by atoms with Crippen LogP contribution in [0.4, 0.5) is 4.39 Å². The van der Waals surface area contributed by atoms with E-state index in [0.29, 0.717) is 49.0 Å². The first-order chi connectivity index (χ1) is 13.6.